The molecule has 7 heteroatoms. The van der Waals surface area contributed by atoms with Crippen LogP contribution in [0.15, 0.2) is 16.8 Å². The van der Waals surface area contributed by atoms with Crippen LogP contribution < -0.4 is 5.73 Å². The zero-order chi connectivity index (χ0) is 13.2. The summed E-state index contributed by atoms with van der Waals surface area (Å²) < 4.78 is 11.0. The Labute approximate surface area is 110 Å². The lowest BCUT2D eigenvalue weighted by molar-refractivity contribution is 0.0307. The second-order valence-corrected chi connectivity index (χ2v) is 4.51. The Morgan fingerprint density at radius 3 is 3.00 bits per heavy atom. The van der Waals surface area contributed by atoms with Crippen LogP contribution in [-0.2, 0) is 4.74 Å². The van der Waals surface area contributed by atoms with Crippen LogP contribution in [0.3, 0.4) is 0 Å². The maximum atomic E-state index is 5.72. The minimum atomic E-state index is -0.155. The highest BCUT2D eigenvalue weighted by molar-refractivity contribution is 5.47. The molecule has 1 saturated heterocycles. The molecule has 0 amide bonds. The van der Waals surface area contributed by atoms with Crippen LogP contribution in [0.4, 0.5) is 0 Å². The third-order valence-electron chi connectivity index (χ3n) is 3.09. The lowest BCUT2D eigenvalue weighted by atomic mass is 10.2. The predicted octanol–water partition coefficient (Wildman–Crippen LogP) is 1.01. The number of nitrogens with zero attached hydrogens (tertiary/aromatic N) is 4. The summed E-state index contributed by atoms with van der Waals surface area (Å²) in [7, 11) is 0. The van der Waals surface area contributed by atoms with Crippen molar-refractivity contribution in [3.63, 3.8) is 0 Å². The van der Waals surface area contributed by atoms with Crippen molar-refractivity contribution in [1.82, 2.24) is 20.1 Å². The van der Waals surface area contributed by atoms with E-state index in [1.165, 1.54) is 0 Å². The molecular weight excluding hydrogens is 246 g/mol. The zero-order valence-electron chi connectivity index (χ0n) is 10.6. The third kappa shape index (κ3) is 2.47. The van der Waals surface area contributed by atoms with Crippen LogP contribution in [0, 0.1) is 6.92 Å². The van der Waals surface area contributed by atoms with Crippen molar-refractivity contribution in [3.05, 3.63) is 24.0 Å². The standard InChI is InChI=1S/C12H15N5O2/c1-7-14-5-4-9(15-7)11-16-12(19-17-11)10-3-2-8(6-13)18-10/h4-5,8,10H,2-3,6,13H2,1H3. The molecule has 2 aromatic rings. The summed E-state index contributed by atoms with van der Waals surface area (Å²) in [6, 6.07) is 1.75. The van der Waals surface area contributed by atoms with Gasteiger partial charge in [0.05, 0.1) is 6.10 Å². The highest BCUT2D eigenvalue weighted by Crippen LogP contribution is 2.31. The number of ether oxygens (including phenoxy) is 1. The monoisotopic (exact) mass is 261 g/mol. The van der Waals surface area contributed by atoms with Crippen molar-refractivity contribution in [3.8, 4) is 11.5 Å². The first kappa shape index (κ1) is 12.2. The fourth-order valence-corrected chi connectivity index (χ4v) is 2.11. The minimum Gasteiger partial charge on any atom is -0.364 e. The average molecular weight is 261 g/mol. The van der Waals surface area contributed by atoms with Gasteiger partial charge in [0.25, 0.3) is 5.89 Å². The molecule has 2 unspecified atom stereocenters. The van der Waals surface area contributed by atoms with Crippen molar-refractivity contribution < 1.29 is 9.26 Å². The molecule has 1 aliphatic rings. The van der Waals surface area contributed by atoms with Crippen LogP contribution in [0.5, 0.6) is 0 Å². The molecule has 2 aromatic heterocycles. The molecule has 1 fully saturated rings. The third-order valence-corrected chi connectivity index (χ3v) is 3.09. The summed E-state index contributed by atoms with van der Waals surface area (Å²) in [5.41, 5.74) is 6.23. The molecule has 0 aliphatic carbocycles. The van der Waals surface area contributed by atoms with Crippen molar-refractivity contribution in [1.29, 1.82) is 0 Å². The van der Waals surface area contributed by atoms with Gasteiger partial charge >= 0.3 is 0 Å². The van der Waals surface area contributed by atoms with Crippen LogP contribution in [0.25, 0.3) is 11.5 Å². The van der Waals surface area contributed by atoms with Gasteiger partial charge < -0.3 is 15.0 Å². The molecule has 0 bridgehead atoms. The molecule has 0 spiro atoms. The van der Waals surface area contributed by atoms with E-state index in [1.807, 2.05) is 6.92 Å². The van der Waals surface area contributed by atoms with Gasteiger partial charge in [0.15, 0.2) is 0 Å². The summed E-state index contributed by atoms with van der Waals surface area (Å²) in [6.45, 7) is 2.33. The molecule has 19 heavy (non-hydrogen) atoms. The number of aryl methyl sites for hydroxylation is 1. The van der Waals surface area contributed by atoms with Crippen molar-refractivity contribution in [2.24, 2.45) is 5.73 Å². The van der Waals surface area contributed by atoms with E-state index in [0.29, 0.717) is 29.8 Å². The van der Waals surface area contributed by atoms with Crippen LogP contribution in [0.2, 0.25) is 0 Å². The average Bonchev–Trinajstić information content (AvgIpc) is 3.07. The van der Waals surface area contributed by atoms with Gasteiger partial charge in [-0.1, -0.05) is 5.16 Å². The smallest absolute Gasteiger partial charge is 0.256 e. The fourth-order valence-electron chi connectivity index (χ4n) is 2.11. The molecule has 0 saturated carbocycles. The first-order valence-corrected chi connectivity index (χ1v) is 6.25. The quantitative estimate of drug-likeness (QED) is 0.880. The predicted molar refractivity (Wildman–Crippen MR) is 66.0 cm³/mol. The molecular formula is C12H15N5O2. The van der Waals surface area contributed by atoms with Gasteiger partial charge in [-0.3, -0.25) is 0 Å². The van der Waals surface area contributed by atoms with Gasteiger partial charge in [0, 0.05) is 12.7 Å². The number of rotatable bonds is 3. The number of nitrogens with two attached hydrogens (primary N) is 1. The Bertz CT molecular complexity index is 571. The van der Waals surface area contributed by atoms with E-state index in [1.54, 1.807) is 12.3 Å². The molecule has 2 atom stereocenters. The van der Waals surface area contributed by atoms with Crippen molar-refractivity contribution in [2.75, 3.05) is 6.54 Å². The number of hydrogen-bond donors (Lipinski definition) is 1. The topological polar surface area (TPSA) is 100.0 Å². The summed E-state index contributed by atoms with van der Waals surface area (Å²) in [5, 5.41) is 3.94. The van der Waals surface area contributed by atoms with E-state index in [0.717, 1.165) is 12.8 Å². The Morgan fingerprint density at radius 2 is 2.26 bits per heavy atom. The van der Waals surface area contributed by atoms with Crippen molar-refractivity contribution >= 4 is 0 Å². The van der Waals surface area contributed by atoms with Gasteiger partial charge in [0.1, 0.15) is 17.6 Å². The van der Waals surface area contributed by atoms with E-state index < -0.39 is 0 Å². The molecule has 0 radical (unpaired) electrons. The first-order chi connectivity index (χ1) is 9.26. The Balaban J connectivity index is 1.80. The van der Waals surface area contributed by atoms with E-state index in [2.05, 4.69) is 20.1 Å². The lowest BCUT2D eigenvalue weighted by Gasteiger charge is -2.07. The fraction of sp³-hybridized carbons (Fsp3) is 0.500. The molecule has 1 aliphatic heterocycles. The van der Waals surface area contributed by atoms with Crippen LogP contribution in [-0.4, -0.2) is 32.8 Å². The van der Waals surface area contributed by atoms with E-state index in [4.69, 9.17) is 15.0 Å². The first-order valence-electron chi connectivity index (χ1n) is 6.25. The minimum absolute atomic E-state index is 0.0849. The number of aromatic nitrogens is 4. The van der Waals surface area contributed by atoms with Gasteiger partial charge in [-0.25, -0.2) is 9.97 Å². The van der Waals surface area contributed by atoms with Gasteiger partial charge in [-0.2, -0.15) is 4.98 Å². The Hall–Kier alpha value is -1.86. The van der Waals surface area contributed by atoms with Crippen LogP contribution in [0.1, 0.15) is 30.7 Å². The summed E-state index contributed by atoms with van der Waals surface area (Å²) >= 11 is 0. The maximum Gasteiger partial charge on any atom is 0.256 e. The van der Waals surface area contributed by atoms with E-state index >= 15 is 0 Å². The molecule has 3 heterocycles. The largest absolute Gasteiger partial charge is 0.364 e. The number of hydrogen-bond acceptors (Lipinski definition) is 7. The second-order valence-electron chi connectivity index (χ2n) is 4.51. The Morgan fingerprint density at radius 1 is 1.37 bits per heavy atom. The Kier molecular flexibility index (Phi) is 3.22. The lowest BCUT2D eigenvalue weighted by Crippen LogP contribution is -2.18. The van der Waals surface area contributed by atoms with E-state index in [9.17, 15) is 0 Å². The highest BCUT2D eigenvalue weighted by Gasteiger charge is 2.30. The SMILES string of the molecule is Cc1nccc(-c2noc(C3CCC(CN)O3)n2)n1. The second kappa shape index (κ2) is 5.02. The molecule has 100 valence electrons. The van der Waals surface area contributed by atoms with Gasteiger partial charge in [0.2, 0.25) is 5.82 Å². The van der Waals surface area contributed by atoms with Crippen molar-refractivity contribution in [2.45, 2.75) is 32.0 Å². The zero-order valence-corrected chi connectivity index (χ0v) is 10.6. The van der Waals surface area contributed by atoms with Crippen LogP contribution >= 0.6 is 0 Å². The summed E-state index contributed by atoms with van der Waals surface area (Å²) in [5.74, 6) is 1.62. The molecule has 3 rings (SSSR count). The molecule has 0 aromatic carbocycles. The summed E-state index contributed by atoms with van der Waals surface area (Å²) in [6.07, 6.45) is 3.38. The van der Waals surface area contributed by atoms with Gasteiger partial charge in [-0.15, -0.1) is 0 Å². The molecule has 7 nitrogen and oxygen atoms in total. The highest BCUT2D eigenvalue weighted by atomic mass is 16.5. The normalized spacial score (nSPS) is 22.8. The molecule has 2 N–H and O–H groups in total. The van der Waals surface area contributed by atoms with E-state index in [-0.39, 0.29) is 12.2 Å². The maximum absolute atomic E-state index is 5.72. The van der Waals surface area contributed by atoms with Gasteiger partial charge in [-0.05, 0) is 25.8 Å². The summed E-state index contributed by atoms with van der Waals surface area (Å²) in [4.78, 5) is 12.6.